The summed E-state index contributed by atoms with van der Waals surface area (Å²) in [6.45, 7) is 0. The lowest BCUT2D eigenvalue weighted by Gasteiger charge is -1.39. The van der Waals surface area contributed by atoms with E-state index in [1.165, 1.54) is 0 Å². The number of hydrogen-bond donors (Lipinski definition) is 0. The van der Waals surface area contributed by atoms with E-state index in [-0.39, 0.29) is 0 Å². The van der Waals surface area contributed by atoms with Crippen molar-refractivity contribution in [2.45, 2.75) is 0 Å². The zero-order valence-corrected chi connectivity index (χ0v) is 3.12. The molecule has 2 heteroatoms. The Hall–Kier alpha value is -0.480. The van der Waals surface area contributed by atoms with Crippen LogP contribution in [-0.2, 0) is 4.79 Å². The van der Waals surface area contributed by atoms with Crippen molar-refractivity contribution >= 4 is 17.9 Å². The fourth-order valence-corrected chi connectivity index (χ4v) is 0.0668. The molecule has 0 radical (unpaired) electrons. The molecule has 5 heavy (non-hydrogen) atoms. The largest absolute Gasteiger partial charge is 0.289 e. The van der Waals surface area contributed by atoms with Gasteiger partial charge in [-0.1, -0.05) is 0 Å². The van der Waals surface area contributed by atoms with Gasteiger partial charge in [0.25, 0.3) is 0 Å². The maximum atomic E-state index is 9.15. The van der Waals surface area contributed by atoms with Crippen LogP contribution in [0.2, 0.25) is 0 Å². The number of rotatable bonds is 0. The molecular weight excluding hydrogens is 87.5 g/mol. The van der Waals surface area contributed by atoms with Crippen LogP contribution in [0.15, 0.2) is 0 Å². The molecular formula is C3HClO. The monoisotopic (exact) mass is 88.0 g/mol. The van der Waals surface area contributed by atoms with Crippen molar-refractivity contribution in [3.05, 3.63) is 0 Å². The Kier molecular flexibility index (Phi) is 3.18. The van der Waals surface area contributed by atoms with Crippen LogP contribution in [0.1, 0.15) is 0 Å². The maximum absolute atomic E-state index is 9.15. The van der Waals surface area contributed by atoms with Gasteiger partial charge in [0.2, 0.25) is 0 Å². The molecule has 0 aliphatic carbocycles. The van der Waals surface area contributed by atoms with Crippen molar-refractivity contribution in [1.29, 1.82) is 0 Å². The fraction of sp³-hybridized carbons (Fsp3) is 0. The van der Waals surface area contributed by atoms with E-state index in [1.54, 1.807) is 0 Å². The van der Waals surface area contributed by atoms with Gasteiger partial charge < -0.3 is 0 Å². The van der Waals surface area contributed by atoms with E-state index in [0.29, 0.717) is 6.29 Å². The Morgan fingerprint density at radius 2 is 2.40 bits per heavy atom. The number of hydrogen-bond acceptors (Lipinski definition) is 1. The third kappa shape index (κ3) is 3.52. The van der Waals surface area contributed by atoms with Crippen molar-refractivity contribution in [1.82, 2.24) is 0 Å². The van der Waals surface area contributed by atoms with Crippen LogP contribution in [0.4, 0.5) is 0 Å². The minimum Gasteiger partial charge on any atom is -0.289 e. The summed E-state index contributed by atoms with van der Waals surface area (Å²) in [6.07, 6.45) is 0.438. The summed E-state index contributed by atoms with van der Waals surface area (Å²) in [6, 6.07) is 0. The molecule has 0 saturated heterocycles. The number of halogens is 1. The summed E-state index contributed by atoms with van der Waals surface area (Å²) < 4.78 is 0. The first kappa shape index (κ1) is 4.52. The van der Waals surface area contributed by atoms with E-state index < -0.39 is 0 Å². The quantitative estimate of drug-likeness (QED) is 0.309. The molecule has 0 bridgehead atoms. The zero-order valence-electron chi connectivity index (χ0n) is 2.36. The number of aldehydes is 1. The SMILES string of the molecule is O=CC#CCl. The molecule has 0 heterocycles. The van der Waals surface area contributed by atoms with E-state index in [4.69, 9.17) is 16.4 Å². The topological polar surface area (TPSA) is 17.1 Å². The summed E-state index contributed by atoms with van der Waals surface area (Å²) in [4.78, 5) is 9.15. The minimum atomic E-state index is 0.438. The highest BCUT2D eigenvalue weighted by Crippen LogP contribution is 1.55. The molecule has 0 aromatic carbocycles. The van der Waals surface area contributed by atoms with Gasteiger partial charge in [0, 0.05) is 5.38 Å². The smallest absolute Gasteiger partial charge is 0.194 e. The van der Waals surface area contributed by atoms with Gasteiger partial charge in [-0.3, -0.25) is 4.79 Å². The molecule has 0 amide bonds. The van der Waals surface area contributed by atoms with Crippen LogP contribution < -0.4 is 0 Å². The second-order valence-electron chi connectivity index (χ2n) is 0.357. The first-order chi connectivity index (χ1) is 2.41. The summed E-state index contributed by atoms with van der Waals surface area (Å²) in [5, 5.41) is 1.87. The van der Waals surface area contributed by atoms with Crippen molar-refractivity contribution in [2.75, 3.05) is 0 Å². The highest BCUT2D eigenvalue weighted by Gasteiger charge is 1.45. The molecule has 0 aliphatic heterocycles. The van der Waals surface area contributed by atoms with E-state index in [9.17, 15) is 0 Å². The summed E-state index contributed by atoms with van der Waals surface area (Å²) >= 11 is 4.71. The molecule has 0 spiro atoms. The van der Waals surface area contributed by atoms with E-state index >= 15 is 0 Å². The fourth-order valence-electron chi connectivity index (χ4n) is 0.0223. The van der Waals surface area contributed by atoms with Gasteiger partial charge in [-0.05, 0) is 17.5 Å². The molecule has 0 aliphatic rings. The van der Waals surface area contributed by atoms with E-state index in [1.807, 2.05) is 11.3 Å². The van der Waals surface area contributed by atoms with Crippen molar-refractivity contribution in [2.24, 2.45) is 0 Å². The van der Waals surface area contributed by atoms with Gasteiger partial charge in [-0.15, -0.1) is 0 Å². The van der Waals surface area contributed by atoms with Gasteiger partial charge in [-0.25, -0.2) is 0 Å². The first-order valence-corrected chi connectivity index (χ1v) is 1.34. The van der Waals surface area contributed by atoms with E-state index in [2.05, 4.69) is 0 Å². The van der Waals surface area contributed by atoms with Crippen molar-refractivity contribution in [3.63, 3.8) is 0 Å². The maximum Gasteiger partial charge on any atom is 0.194 e. The molecule has 0 unspecified atom stereocenters. The van der Waals surface area contributed by atoms with Crippen molar-refractivity contribution in [3.8, 4) is 11.3 Å². The zero-order chi connectivity index (χ0) is 4.12. The average molecular weight is 88.5 g/mol. The van der Waals surface area contributed by atoms with Gasteiger partial charge in [-0.2, -0.15) is 0 Å². The Balaban J connectivity index is 3.16. The van der Waals surface area contributed by atoms with Gasteiger partial charge >= 0.3 is 0 Å². The molecule has 0 saturated carbocycles. The Labute approximate surface area is 34.9 Å². The minimum absolute atomic E-state index is 0.438. The molecule has 26 valence electrons. The third-order valence-electron chi connectivity index (χ3n) is 0.113. The predicted octanol–water partition coefficient (Wildman–Crippen LogP) is 0.385. The van der Waals surface area contributed by atoms with Gasteiger partial charge in [0.05, 0.1) is 0 Å². The lowest BCUT2D eigenvalue weighted by Crippen LogP contribution is -1.50. The standard InChI is InChI=1S/C3HClO/c4-2-1-3-5/h3H. The third-order valence-corrected chi connectivity index (χ3v) is 0.223. The Bertz CT molecular complexity index is 76.6. The second kappa shape index (κ2) is 3.52. The number of carbonyl (C=O) groups is 1. The molecule has 0 atom stereocenters. The predicted molar refractivity (Wildman–Crippen MR) is 19.7 cm³/mol. The van der Waals surface area contributed by atoms with Gasteiger partial charge in [0.15, 0.2) is 6.29 Å². The second-order valence-corrected chi connectivity index (χ2v) is 0.546. The lowest BCUT2D eigenvalue weighted by atomic mass is 10.8. The molecule has 0 aromatic rings. The van der Waals surface area contributed by atoms with Crippen LogP contribution in [0.3, 0.4) is 0 Å². The summed E-state index contributed by atoms with van der Waals surface area (Å²) in [7, 11) is 0. The lowest BCUT2D eigenvalue weighted by molar-refractivity contribution is -0.103. The van der Waals surface area contributed by atoms with Crippen LogP contribution in [0.5, 0.6) is 0 Å². The molecule has 1 nitrogen and oxygen atoms in total. The average Bonchev–Trinajstić information content (AvgIpc) is 1.41. The van der Waals surface area contributed by atoms with Crippen LogP contribution in [0.25, 0.3) is 0 Å². The normalized spacial score (nSPS) is 4.20. The van der Waals surface area contributed by atoms with Crippen molar-refractivity contribution < 1.29 is 4.79 Å². The molecule has 0 fully saturated rings. The first-order valence-electron chi connectivity index (χ1n) is 0.963. The van der Waals surface area contributed by atoms with E-state index in [0.717, 1.165) is 0 Å². The van der Waals surface area contributed by atoms with Crippen LogP contribution >= 0.6 is 11.6 Å². The highest BCUT2D eigenvalue weighted by molar-refractivity contribution is 6.31. The van der Waals surface area contributed by atoms with Gasteiger partial charge in [0.1, 0.15) is 0 Å². The van der Waals surface area contributed by atoms with Crippen LogP contribution in [-0.4, -0.2) is 6.29 Å². The van der Waals surface area contributed by atoms with Crippen LogP contribution in [0, 0.1) is 11.3 Å². The Morgan fingerprint density at radius 1 is 1.80 bits per heavy atom. The molecule has 0 N–H and O–H groups in total. The summed E-state index contributed by atoms with van der Waals surface area (Å²) in [5.41, 5.74) is 0. The number of carbonyl (C=O) groups excluding carboxylic acids is 1. The summed E-state index contributed by atoms with van der Waals surface area (Å²) in [5.74, 6) is 1.95. The Morgan fingerprint density at radius 3 is 2.40 bits per heavy atom. The highest BCUT2D eigenvalue weighted by atomic mass is 35.5. The molecule has 0 rings (SSSR count). The molecule has 0 aromatic heterocycles.